The van der Waals surface area contributed by atoms with Gasteiger partial charge in [0.25, 0.3) is 0 Å². The molecule has 0 aliphatic rings. The van der Waals surface area contributed by atoms with E-state index in [-0.39, 0.29) is 0 Å². The minimum absolute atomic E-state index is 0.684. The van der Waals surface area contributed by atoms with Crippen molar-refractivity contribution < 1.29 is 5.11 Å². The first-order valence-electron chi connectivity index (χ1n) is 5.95. The van der Waals surface area contributed by atoms with Gasteiger partial charge in [-0.2, -0.15) is 0 Å². The van der Waals surface area contributed by atoms with Gasteiger partial charge in [-0.25, -0.2) is 0 Å². The summed E-state index contributed by atoms with van der Waals surface area (Å²) in [7, 11) is 0. The number of rotatable bonds is 7. The SMILES string of the molecule is [CH]=CC(C)(O)CCC=C(C)CCC=C(C)C. The molecule has 0 amide bonds. The van der Waals surface area contributed by atoms with Crippen LogP contribution in [0.1, 0.15) is 53.4 Å². The van der Waals surface area contributed by atoms with Crippen LogP contribution in [0.2, 0.25) is 0 Å². The third-order valence-corrected chi connectivity index (χ3v) is 2.59. The van der Waals surface area contributed by atoms with Crippen molar-refractivity contribution in [3.8, 4) is 0 Å². The van der Waals surface area contributed by atoms with E-state index < -0.39 is 5.60 Å². The standard InChI is InChI=1S/C15H25O/c1-6-15(5,16)12-8-11-14(4)10-7-9-13(2)3/h1,6,9,11,16H,7-8,10,12H2,2-5H3. The fourth-order valence-corrected chi connectivity index (χ4v) is 1.38. The van der Waals surface area contributed by atoms with Gasteiger partial charge in [0.05, 0.1) is 5.60 Å². The van der Waals surface area contributed by atoms with Gasteiger partial charge in [-0.15, -0.1) is 0 Å². The largest absolute Gasteiger partial charge is 0.386 e. The normalized spacial score (nSPS) is 15.4. The van der Waals surface area contributed by atoms with E-state index in [4.69, 9.17) is 6.58 Å². The Hall–Kier alpha value is -0.820. The van der Waals surface area contributed by atoms with Gasteiger partial charge in [0.2, 0.25) is 0 Å². The molecule has 0 spiro atoms. The van der Waals surface area contributed by atoms with Crippen molar-refractivity contribution in [3.05, 3.63) is 36.0 Å². The maximum absolute atomic E-state index is 9.67. The molecule has 91 valence electrons. The van der Waals surface area contributed by atoms with Gasteiger partial charge in [-0.1, -0.05) is 36.0 Å². The molecule has 0 bridgehead atoms. The lowest BCUT2D eigenvalue weighted by Crippen LogP contribution is -2.19. The van der Waals surface area contributed by atoms with Crippen molar-refractivity contribution in [3.63, 3.8) is 0 Å². The summed E-state index contributed by atoms with van der Waals surface area (Å²) in [6.45, 7) is 13.4. The van der Waals surface area contributed by atoms with Crippen LogP contribution in [0.3, 0.4) is 0 Å². The summed E-state index contributed by atoms with van der Waals surface area (Å²) < 4.78 is 0. The van der Waals surface area contributed by atoms with Gasteiger partial charge < -0.3 is 5.11 Å². The monoisotopic (exact) mass is 221 g/mol. The number of hydrogen-bond acceptors (Lipinski definition) is 1. The second-order valence-electron chi connectivity index (χ2n) is 4.93. The molecule has 0 aliphatic heterocycles. The molecule has 0 rings (SSSR count). The molecule has 0 saturated heterocycles. The Labute approximate surface area is 101 Å². The molecule has 0 aromatic heterocycles. The van der Waals surface area contributed by atoms with Crippen LogP contribution in [-0.2, 0) is 0 Å². The van der Waals surface area contributed by atoms with Gasteiger partial charge in [0, 0.05) is 0 Å². The lowest BCUT2D eigenvalue weighted by Gasteiger charge is -2.16. The molecule has 0 aliphatic carbocycles. The molecule has 1 nitrogen and oxygen atoms in total. The van der Waals surface area contributed by atoms with E-state index in [1.165, 1.54) is 17.2 Å². The van der Waals surface area contributed by atoms with Gasteiger partial charge in [0.15, 0.2) is 0 Å². The van der Waals surface area contributed by atoms with Crippen LogP contribution in [0.4, 0.5) is 0 Å². The Morgan fingerprint density at radius 2 is 1.81 bits per heavy atom. The molecule has 0 saturated carbocycles. The van der Waals surface area contributed by atoms with Crippen molar-refractivity contribution in [1.29, 1.82) is 0 Å². The Morgan fingerprint density at radius 3 is 2.31 bits per heavy atom. The summed E-state index contributed by atoms with van der Waals surface area (Å²) in [4.78, 5) is 0. The average Bonchev–Trinajstić information content (AvgIpc) is 2.17. The smallest absolute Gasteiger partial charge is 0.0805 e. The number of hydrogen-bond donors (Lipinski definition) is 1. The highest BCUT2D eigenvalue weighted by atomic mass is 16.3. The van der Waals surface area contributed by atoms with Crippen LogP contribution in [0.25, 0.3) is 0 Å². The van der Waals surface area contributed by atoms with E-state index in [1.54, 1.807) is 6.92 Å². The zero-order valence-electron chi connectivity index (χ0n) is 11.1. The van der Waals surface area contributed by atoms with Crippen LogP contribution < -0.4 is 0 Å². The van der Waals surface area contributed by atoms with E-state index >= 15 is 0 Å². The molecule has 1 radical (unpaired) electrons. The van der Waals surface area contributed by atoms with Crippen molar-refractivity contribution in [1.82, 2.24) is 0 Å². The maximum atomic E-state index is 9.67. The Morgan fingerprint density at radius 1 is 1.19 bits per heavy atom. The zero-order chi connectivity index (χ0) is 12.6. The summed E-state index contributed by atoms with van der Waals surface area (Å²) in [5.74, 6) is 0. The minimum atomic E-state index is -0.837. The van der Waals surface area contributed by atoms with Crippen molar-refractivity contribution >= 4 is 0 Å². The molecule has 1 atom stereocenters. The van der Waals surface area contributed by atoms with Gasteiger partial charge in [0.1, 0.15) is 0 Å². The highest BCUT2D eigenvalue weighted by molar-refractivity contribution is 5.03. The Kier molecular flexibility index (Phi) is 7.07. The van der Waals surface area contributed by atoms with Gasteiger partial charge in [-0.3, -0.25) is 0 Å². The Balaban J connectivity index is 3.88. The number of allylic oxidation sites excluding steroid dienone is 4. The molecular weight excluding hydrogens is 196 g/mol. The first-order chi connectivity index (χ1) is 7.37. The van der Waals surface area contributed by atoms with Crippen molar-refractivity contribution in [2.24, 2.45) is 0 Å². The molecule has 16 heavy (non-hydrogen) atoms. The molecule has 0 aromatic rings. The summed E-state index contributed by atoms with van der Waals surface area (Å²) in [6.07, 6.45) is 9.56. The molecule has 0 heterocycles. The highest BCUT2D eigenvalue weighted by Gasteiger charge is 2.13. The summed E-state index contributed by atoms with van der Waals surface area (Å²) >= 11 is 0. The molecule has 1 N–H and O–H groups in total. The first kappa shape index (κ1) is 15.2. The average molecular weight is 221 g/mol. The predicted octanol–water partition coefficient (Wildman–Crippen LogP) is 4.20. The maximum Gasteiger partial charge on any atom is 0.0805 e. The molecule has 1 heteroatoms. The van der Waals surface area contributed by atoms with E-state index in [9.17, 15) is 5.11 Å². The van der Waals surface area contributed by atoms with Crippen LogP contribution in [0, 0.1) is 6.58 Å². The first-order valence-corrected chi connectivity index (χ1v) is 5.95. The van der Waals surface area contributed by atoms with E-state index in [2.05, 4.69) is 32.9 Å². The van der Waals surface area contributed by atoms with Crippen LogP contribution in [-0.4, -0.2) is 10.7 Å². The molecule has 0 fully saturated rings. The van der Waals surface area contributed by atoms with E-state index in [0.29, 0.717) is 6.42 Å². The van der Waals surface area contributed by atoms with Gasteiger partial charge >= 0.3 is 0 Å². The van der Waals surface area contributed by atoms with Crippen LogP contribution >= 0.6 is 0 Å². The summed E-state index contributed by atoms with van der Waals surface area (Å²) in [5.41, 5.74) is 1.91. The topological polar surface area (TPSA) is 20.2 Å². The number of aliphatic hydroxyl groups is 1. The molecule has 0 aromatic carbocycles. The second kappa shape index (κ2) is 7.45. The third kappa shape index (κ3) is 8.49. The molecule has 1 unspecified atom stereocenters. The predicted molar refractivity (Wildman–Crippen MR) is 71.1 cm³/mol. The van der Waals surface area contributed by atoms with E-state index in [1.807, 2.05) is 0 Å². The minimum Gasteiger partial charge on any atom is -0.386 e. The summed E-state index contributed by atoms with van der Waals surface area (Å²) in [5, 5.41) is 9.67. The lowest BCUT2D eigenvalue weighted by atomic mass is 9.99. The fourth-order valence-electron chi connectivity index (χ4n) is 1.38. The van der Waals surface area contributed by atoms with Crippen molar-refractivity contribution in [2.45, 2.75) is 59.0 Å². The quantitative estimate of drug-likeness (QED) is 0.639. The van der Waals surface area contributed by atoms with Crippen LogP contribution in [0.15, 0.2) is 29.4 Å². The highest BCUT2D eigenvalue weighted by Crippen LogP contribution is 2.15. The molecular formula is C15H25O. The third-order valence-electron chi connectivity index (χ3n) is 2.59. The van der Waals surface area contributed by atoms with Crippen molar-refractivity contribution in [2.75, 3.05) is 0 Å². The fraction of sp³-hybridized carbons (Fsp3) is 0.600. The summed E-state index contributed by atoms with van der Waals surface area (Å²) in [6, 6.07) is 0. The lowest BCUT2D eigenvalue weighted by molar-refractivity contribution is 0.103. The van der Waals surface area contributed by atoms with Crippen LogP contribution in [0.5, 0.6) is 0 Å². The second-order valence-corrected chi connectivity index (χ2v) is 4.93. The van der Waals surface area contributed by atoms with Gasteiger partial charge in [-0.05, 0) is 53.4 Å². The van der Waals surface area contributed by atoms with E-state index in [0.717, 1.165) is 19.3 Å². The zero-order valence-corrected chi connectivity index (χ0v) is 11.1. The Bertz CT molecular complexity index is 265.